The standard InChI is InChI=1S/C22H41N5O2/c1-5-8-9-10-11-12-13-14-15-16-17-27-18-19(23-21(27)26(6-2)7-3)25(4)22(29)24-20(18)28/h18-19H,5-17H2,1-4H3,(H,24,28,29). The zero-order chi connectivity index (χ0) is 21.2. The molecule has 0 bridgehead atoms. The second-order valence-corrected chi connectivity index (χ2v) is 8.24. The number of unbranched alkanes of at least 4 members (excludes halogenated alkanes) is 9. The summed E-state index contributed by atoms with van der Waals surface area (Å²) in [4.78, 5) is 35.2. The molecule has 1 saturated heterocycles. The Bertz CT molecular complexity index is 561. The fourth-order valence-electron chi connectivity index (χ4n) is 4.29. The number of rotatable bonds is 13. The molecule has 1 fully saturated rings. The van der Waals surface area contributed by atoms with E-state index in [0.29, 0.717) is 0 Å². The molecular formula is C22H41N5O2. The Morgan fingerprint density at radius 1 is 0.897 bits per heavy atom. The summed E-state index contributed by atoms with van der Waals surface area (Å²) < 4.78 is 0. The highest BCUT2D eigenvalue weighted by Gasteiger charge is 2.49. The van der Waals surface area contributed by atoms with Crippen molar-refractivity contribution in [1.29, 1.82) is 0 Å². The van der Waals surface area contributed by atoms with Crippen LogP contribution in [0.25, 0.3) is 0 Å². The first-order valence-electron chi connectivity index (χ1n) is 11.7. The van der Waals surface area contributed by atoms with Gasteiger partial charge in [0, 0.05) is 26.7 Å². The lowest BCUT2D eigenvalue weighted by molar-refractivity contribution is -0.127. The lowest BCUT2D eigenvalue weighted by Gasteiger charge is -2.37. The first-order valence-corrected chi connectivity index (χ1v) is 11.7. The number of urea groups is 1. The number of amides is 3. The highest BCUT2D eigenvalue weighted by atomic mass is 16.2. The number of hydrogen-bond donors (Lipinski definition) is 1. The van der Waals surface area contributed by atoms with Crippen molar-refractivity contribution in [1.82, 2.24) is 20.0 Å². The van der Waals surface area contributed by atoms with E-state index in [2.05, 4.69) is 35.9 Å². The number of hydrogen-bond acceptors (Lipinski definition) is 5. The number of imide groups is 1. The summed E-state index contributed by atoms with van der Waals surface area (Å²) in [6.07, 6.45) is 12.4. The van der Waals surface area contributed by atoms with Crippen LogP contribution >= 0.6 is 0 Å². The van der Waals surface area contributed by atoms with Gasteiger partial charge in [-0.1, -0.05) is 64.7 Å². The molecular weight excluding hydrogens is 366 g/mol. The van der Waals surface area contributed by atoms with Crippen LogP contribution < -0.4 is 5.32 Å². The molecule has 0 aromatic carbocycles. The van der Waals surface area contributed by atoms with Crippen LogP contribution in [0.15, 0.2) is 4.99 Å². The summed E-state index contributed by atoms with van der Waals surface area (Å²) in [5, 5.41) is 2.48. The Labute approximate surface area is 176 Å². The van der Waals surface area contributed by atoms with Crippen molar-refractivity contribution in [3.05, 3.63) is 0 Å². The lowest BCUT2D eigenvalue weighted by atomic mass is 10.1. The molecule has 7 nitrogen and oxygen atoms in total. The fraction of sp³-hybridized carbons (Fsp3) is 0.864. The van der Waals surface area contributed by atoms with Gasteiger partial charge >= 0.3 is 6.03 Å². The zero-order valence-corrected chi connectivity index (χ0v) is 19.0. The molecule has 0 saturated carbocycles. The Morgan fingerprint density at radius 2 is 1.45 bits per heavy atom. The summed E-state index contributed by atoms with van der Waals surface area (Å²) in [6, 6.07) is -0.772. The Morgan fingerprint density at radius 3 is 2.00 bits per heavy atom. The summed E-state index contributed by atoms with van der Waals surface area (Å²) in [7, 11) is 1.72. The largest absolute Gasteiger partial charge is 0.343 e. The minimum atomic E-state index is -0.421. The number of nitrogens with one attached hydrogen (secondary N) is 1. The van der Waals surface area contributed by atoms with Crippen LogP contribution in [0.3, 0.4) is 0 Å². The van der Waals surface area contributed by atoms with Gasteiger partial charge in [-0.25, -0.2) is 9.79 Å². The van der Waals surface area contributed by atoms with E-state index in [9.17, 15) is 9.59 Å². The maximum atomic E-state index is 12.6. The minimum Gasteiger partial charge on any atom is -0.343 e. The topological polar surface area (TPSA) is 68.2 Å². The van der Waals surface area contributed by atoms with Gasteiger partial charge in [-0.05, 0) is 20.3 Å². The van der Waals surface area contributed by atoms with Crippen molar-refractivity contribution in [2.24, 2.45) is 4.99 Å². The molecule has 2 aliphatic heterocycles. The van der Waals surface area contributed by atoms with Crippen LogP contribution in [0.1, 0.15) is 85.0 Å². The van der Waals surface area contributed by atoms with E-state index < -0.39 is 12.2 Å². The van der Waals surface area contributed by atoms with Crippen LogP contribution in [-0.2, 0) is 4.79 Å². The van der Waals surface area contributed by atoms with E-state index in [0.717, 1.165) is 32.0 Å². The molecule has 2 unspecified atom stereocenters. The molecule has 2 rings (SSSR count). The van der Waals surface area contributed by atoms with E-state index in [1.165, 1.54) is 57.8 Å². The molecule has 1 N–H and O–H groups in total. The number of fused-ring (bicyclic) bond motifs is 1. The normalized spacial score (nSPS) is 21.3. The summed E-state index contributed by atoms with van der Waals surface area (Å²) in [5.74, 6) is 0.633. The van der Waals surface area contributed by atoms with E-state index in [-0.39, 0.29) is 11.9 Å². The van der Waals surface area contributed by atoms with Crippen LogP contribution in [0, 0.1) is 0 Å². The Hall–Kier alpha value is -1.79. The Balaban J connectivity index is 1.84. The van der Waals surface area contributed by atoms with Crippen molar-refractivity contribution in [2.45, 2.75) is 97.2 Å². The van der Waals surface area contributed by atoms with Gasteiger partial charge in [-0.3, -0.25) is 10.1 Å². The SMILES string of the molecule is CCCCCCCCCCCCN1C(N(CC)CC)=NC2C1C(=O)NC(=O)N2C. The van der Waals surface area contributed by atoms with Gasteiger partial charge in [-0.2, -0.15) is 0 Å². The van der Waals surface area contributed by atoms with Gasteiger partial charge in [-0.15, -0.1) is 0 Å². The van der Waals surface area contributed by atoms with Crippen molar-refractivity contribution in [3.8, 4) is 0 Å². The predicted molar refractivity (Wildman–Crippen MR) is 118 cm³/mol. The molecule has 2 aliphatic rings. The molecule has 3 amide bonds. The highest BCUT2D eigenvalue weighted by Crippen LogP contribution is 2.26. The molecule has 7 heteroatoms. The smallest absolute Gasteiger partial charge is 0.325 e. The van der Waals surface area contributed by atoms with Crippen LogP contribution in [0.5, 0.6) is 0 Å². The second-order valence-electron chi connectivity index (χ2n) is 8.24. The lowest BCUT2D eigenvalue weighted by Crippen LogP contribution is -2.64. The van der Waals surface area contributed by atoms with Gasteiger partial charge in [0.2, 0.25) is 0 Å². The molecule has 0 aromatic rings. The first kappa shape index (κ1) is 23.5. The van der Waals surface area contributed by atoms with Gasteiger partial charge in [0.15, 0.2) is 18.2 Å². The fourth-order valence-corrected chi connectivity index (χ4v) is 4.29. The molecule has 2 atom stereocenters. The third-order valence-corrected chi connectivity index (χ3v) is 6.14. The monoisotopic (exact) mass is 407 g/mol. The molecule has 166 valence electrons. The Kier molecular flexibility index (Phi) is 9.74. The van der Waals surface area contributed by atoms with Gasteiger partial charge < -0.3 is 14.7 Å². The number of aliphatic imine (C=N–C) groups is 1. The zero-order valence-electron chi connectivity index (χ0n) is 19.0. The predicted octanol–water partition coefficient (Wildman–Crippen LogP) is 3.80. The van der Waals surface area contributed by atoms with Gasteiger partial charge in [0.05, 0.1) is 0 Å². The third-order valence-electron chi connectivity index (χ3n) is 6.14. The number of nitrogens with zero attached hydrogens (tertiary/aromatic N) is 4. The van der Waals surface area contributed by atoms with Gasteiger partial charge in [0.1, 0.15) is 0 Å². The van der Waals surface area contributed by atoms with E-state index in [1.807, 2.05) is 0 Å². The van der Waals surface area contributed by atoms with E-state index in [4.69, 9.17) is 4.99 Å². The summed E-state index contributed by atoms with van der Waals surface area (Å²) in [5.41, 5.74) is 0. The van der Waals surface area contributed by atoms with Crippen molar-refractivity contribution in [2.75, 3.05) is 26.7 Å². The number of carbonyl (C=O) groups excluding carboxylic acids is 2. The molecule has 2 heterocycles. The average molecular weight is 408 g/mol. The number of carbonyl (C=O) groups is 2. The average Bonchev–Trinajstić information content (AvgIpc) is 3.08. The second kappa shape index (κ2) is 12.0. The van der Waals surface area contributed by atoms with Crippen molar-refractivity contribution in [3.63, 3.8) is 0 Å². The van der Waals surface area contributed by atoms with Crippen molar-refractivity contribution < 1.29 is 9.59 Å². The van der Waals surface area contributed by atoms with Crippen LogP contribution in [0.2, 0.25) is 0 Å². The minimum absolute atomic E-state index is 0.226. The number of guanidine groups is 1. The maximum absolute atomic E-state index is 12.6. The van der Waals surface area contributed by atoms with Crippen molar-refractivity contribution >= 4 is 17.9 Å². The van der Waals surface area contributed by atoms with Crippen LogP contribution in [0.4, 0.5) is 4.79 Å². The quantitative estimate of drug-likeness (QED) is 0.472. The number of likely N-dealkylation sites (N-methyl/N-ethyl adjacent to an activating group) is 1. The van der Waals surface area contributed by atoms with E-state index >= 15 is 0 Å². The van der Waals surface area contributed by atoms with Crippen LogP contribution in [-0.4, -0.2) is 71.5 Å². The molecule has 0 aromatic heterocycles. The molecule has 29 heavy (non-hydrogen) atoms. The third kappa shape index (κ3) is 6.09. The summed E-state index contributed by atoms with van der Waals surface area (Å²) in [6.45, 7) is 8.93. The molecule has 0 spiro atoms. The maximum Gasteiger partial charge on any atom is 0.325 e. The first-order chi connectivity index (χ1) is 14.0. The molecule has 0 aliphatic carbocycles. The highest BCUT2D eigenvalue weighted by molar-refractivity contribution is 6.03. The summed E-state index contributed by atoms with van der Waals surface area (Å²) >= 11 is 0. The molecule has 0 radical (unpaired) electrons. The van der Waals surface area contributed by atoms with E-state index in [1.54, 1.807) is 11.9 Å². The van der Waals surface area contributed by atoms with Gasteiger partial charge in [0.25, 0.3) is 5.91 Å².